The van der Waals surface area contributed by atoms with Crippen LogP contribution in [0, 0.1) is 5.92 Å². The zero-order valence-corrected chi connectivity index (χ0v) is 16.8. The molecule has 3 aromatic rings. The molecule has 0 aliphatic carbocycles. The third-order valence-corrected chi connectivity index (χ3v) is 5.30. The van der Waals surface area contributed by atoms with E-state index in [0.717, 1.165) is 40.6 Å². The summed E-state index contributed by atoms with van der Waals surface area (Å²) >= 11 is 0. The van der Waals surface area contributed by atoms with Crippen LogP contribution in [0.15, 0.2) is 48.5 Å². The number of hydrogen-bond donors (Lipinski definition) is 2. The van der Waals surface area contributed by atoms with Gasteiger partial charge in [-0.25, -0.2) is 0 Å². The third-order valence-electron chi connectivity index (χ3n) is 5.30. The summed E-state index contributed by atoms with van der Waals surface area (Å²) in [6, 6.07) is 15.7. The molecule has 1 aromatic heterocycles. The molecular weight excluding hydrogens is 348 g/mol. The van der Waals surface area contributed by atoms with E-state index in [1.807, 2.05) is 44.2 Å². The monoisotopic (exact) mass is 376 g/mol. The van der Waals surface area contributed by atoms with E-state index in [0.29, 0.717) is 12.0 Å². The highest BCUT2D eigenvalue weighted by Crippen LogP contribution is 2.37. The van der Waals surface area contributed by atoms with Gasteiger partial charge in [0.1, 0.15) is 5.78 Å². The average Bonchev–Trinajstić information content (AvgIpc) is 3.03. The van der Waals surface area contributed by atoms with Gasteiger partial charge in [0.15, 0.2) is 0 Å². The molecule has 2 aromatic carbocycles. The highest BCUT2D eigenvalue weighted by Gasteiger charge is 2.25. The van der Waals surface area contributed by atoms with Gasteiger partial charge in [-0.2, -0.15) is 0 Å². The lowest BCUT2D eigenvalue weighted by atomic mass is 9.83. The smallest absolute Gasteiger partial charge is 0.248 e. The highest BCUT2D eigenvalue weighted by molar-refractivity contribution is 5.98. The minimum atomic E-state index is -0.440. The number of H-pyrrole nitrogens is 1. The number of amides is 1. The molecule has 0 spiro atoms. The number of carbonyl (C=O) groups is 2. The molecule has 0 saturated heterocycles. The van der Waals surface area contributed by atoms with Gasteiger partial charge in [0.05, 0.1) is 0 Å². The Kier molecular flexibility index (Phi) is 5.98. The van der Waals surface area contributed by atoms with E-state index in [1.54, 1.807) is 6.07 Å². The van der Waals surface area contributed by atoms with Crippen LogP contribution in [0.25, 0.3) is 10.9 Å². The minimum Gasteiger partial charge on any atom is -0.366 e. The second-order valence-corrected chi connectivity index (χ2v) is 7.68. The normalized spacial score (nSPS) is 12.4. The van der Waals surface area contributed by atoms with Crippen LogP contribution in [0.5, 0.6) is 0 Å². The Morgan fingerprint density at radius 2 is 1.79 bits per heavy atom. The van der Waals surface area contributed by atoms with Gasteiger partial charge in [0, 0.05) is 40.4 Å². The first kappa shape index (κ1) is 19.9. The van der Waals surface area contributed by atoms with Gasteiger partial charge in [-0.15, -0.1) is 0 Å². The van der Waals surface area contributed by atoms with Crippen molar-refractivity contribution in [3.63, 3.8) is 0 Å². The summed E-state index contributed by atoms with van der Waals surface area (Å²) in [4.78, 5) is 27.8. The third kappa shape index (κ3) is 4.01. The van der Waals surface area contributed by atoms with Gasteiger partial charge < -0.3 is 10.7 Å². The Labute approximate surface area is 166 Å². The van der Waals surface area contributed by atoms with Crippen LogP contribution in [0.3, 0.4) is 0 Å². The number of fused-ring (bicyclic) bond motifs is 1. The van der Waals surface area contributed by atoms with Gasteiger partial charge in [-0.05, 0) is 29.7 Å². The summed E-state index contributed by atoms with van der Waals surface area (Å²) in [7, 11) is 0. The van der Waals surface area contributed by atoms with Gasteiger partial charge in [-0.1, -0.05) is 63.6 Å². The fraction of sp³-hybridized carbons (Fsp3) is 0.333. The van der Waals surface area contributed by atoms with Crippen molar-refractivity contribution in [1.82, 2.24) is 4.98 Å². The van der Waals surface area contributed by atoms with Gasteiger partial charge in [0.25, 0.3) is 0 Å². The van der Waals surface area contributed by atoms with Crippen LogP contribution in [-0.2, 0) is 11.2 Å². The maximum absolute atomic E-state index is 12.7. The molecule has 1 unspecified atom stereocenters. The Balaban J connectivity index is 2.20. The largest absolute Gasteiger partial charge is 0.366 e. The van der Waals surface area contributed by atoms with Crippen molar-refractivity contribution in [2.24, 2.45) is 11.7 Å². The molecule has 3 N–H and O–H groups in total. The first-order valence-electron chi connectivity index (χ1n) is 9.94. The van der Waals surface area contributed by atoms with Crippen LogP contribution in [0.1, 0.15) is 66.7 Å². The lowest BCUT2D eigenvalue weighted by molar-refractivity contribution is -0.122. The maximum Gasteiger partial charge on any atom is 0.248 e. The first-order chi connectivity index (χ1) is 13.4. The Morgan fingerprint density at radius 3 is 2.39 bits per heavy atom. The van der Waals surface area contributed by atoms with Crippen molar-refractivity contribution in [3.05, 3.63) is 70.9 Å². The molecule has 0 saturated carbocycles. The summed E-state index contributed by atoms with van der Waals surface area (Å²) < 4.78 is 0. The molecule has 0 aliphatic rings. The molecule has 3 rings (SSSR count). The number of rotatable bonds is 8. The molecule has 0 radical (unpaired) electrons. The topological polar surface area (TPSA) is 76.0 Å². The number of benzene rings is 2. The van der Waals surface area contributed by atoms with Crippen LogP contribution in [0.2, 0.25) is 0 Å². The van der Waals surface area contributed by atoms with E-state index in [9.17, 15) is 9.59 Å². The number of primary amides is 1. The lowest BCUT2D eigenvalue weighted by Gasteiger charge is -2.20. The van der Waals surface area contributed by atoms with Crippen molar-refractivity contribution < 1.29 is 9.59 Å². The highest BCUT2D eigenvalue weighted by atomic mass is 16.1. The van der Waals surface area contributed by atoms with Crippen molar-refractivity contribution in [2.45, 2.75) is 46.0 Å². The molecule has 1 amide bonds. The summed E-state index contributed by atoms with van der Waals surface area (Å²) in [5, 5.41) is 1.05. The van der Waals surface area contributed by atoms with E-state index in [2.05, 4.69) is 24.0 Å². The average molecular weight is 377 g/mol. The van der Waals surface area contributed by atoms with Crippen molar-refractivity contribution in [1.29, 1.82) is 0 Å². The standard InChI is InChI=1S/C24H28N2O2/c1-4-8-20-23(18-12-11-17(24(25)28)13-21(18)26-20)19(14-22(27)15(2)3)16-9-6-5-7-10-16/h5-7,9-13,15,19,26H,4,8,14H2,1-3H3,(H2,25,28). The molecular formula is C24H28N2O2. The summed E-state index contributed by atoms with van der Waals surface area (Å²) in [6.45, 7) is 6.04. The second-order valence-electron chi connectivity index (χ2n) is 7.68. The van der Waals surface area contributed by atoms with Crippen LogP contribution in [-0.4, -0.2) is 16.7 Å². The molecule has 0 bridgehead atoms. The summed E-state index contributed by atoms with van der Waals surface area (Å²) in [5.74, 6) is -0.220. The number of nitrogens with two attached hydrogens (primary N) is 1. The van der Waals surface area contributed by atoms with Crippen molar-refractivity contribution >= 4 is 22.6 Å². The predicted octanol–water partition coefficient (Wildman–Crippen LogP) is 4.97. The Hall–Kier alpha value is -2.88. The molecule has 4 nitrogen and oxygen atoms in total. The quantitative estimate of drug-likeness (QED) is 0.582. The molecule has 0 fully saturated rings. The number of ketones is 1. The van der Waals surface area contributed by atoms with Gasteiger partial charge >= 0.3 is 0 Å². The zero-order valence-electron chi connectivity index (χ0n) is 16.8. The fourth-order valence-corrected chi connectivity index (χ4v) is 3.78. The number of aromatic amines is 1. The number of aryl methyl sites for hydroxylation is 1. The summed E-state index contributed by atoms with van der Waals surface area (Å²) in [6.07, 6.45) is 2.33. The molecule has 0 aliphatic heterocycles. The SMILES string of the molecule is CCCc1[nH]c2cc(C(N)=O)ccc2c1C(CC(=O)C(C)C)c1ccccc1. The first-order valence-corrected chi connectivity index (χ1v) is 9.94. The van der Waals surface area contributed by atoms with Crippen LogP contribution >= 0.6 is 0 Å². The lowest BCUT2D eigenvalue weighted by Crippen LogP contribution is -2.14. The fourth-order valence-electron chi connectivity index (χ4n) is 3.78. The molecule has 146 valence electrons. The number of nitrogens with one attached hydrogen (secondary N) is 1. The Morgan fingerprint density at radius 1 is 1.07 bits per heavy atom. The van der Waals surface area contributed by atoms with E-state index in [1.165, 1.54) is 0 Å². The van der Waals surface area contributed by atoms with Gasteiger partial charge in [0.2, 0.25) is 5.91 Å². The zero-order chi connectivity index (χ0) is 20.3. The summed E-state index contributed by atoms with van der Waals surface area (Å²) in [5.41, 5.74) is 10.3. The van der Waals surface area contributed by atoms with E-state index in [-0.39, 0.29) is 17.6 Å². The van der Waals surface area contributed by atoms with Crippen molar-refractivity contribution in [3.8, 4) is 0 Å². The number of hydrogen-bond acceptors (Lipinski definition) is 2. The second kappa shape index (κ2) is 8.42. The number of aromatic nitrogens is 1. The molecule has 28 heavy (non-hydrogen) atoms. The Bertz CT molecular complexity index is 987. The van der Waals surface area contributed by atoms with E-state index >= 15 is 0 Å². The van der Waals surface area contributed by atoms with Crippen molar-refractivity contribution in [2.75, 3.05) is 0 Å². The number of carbonyl (C=O) groups excluding carboxylic acids is 2. The van der Waals surface area contributed by atoms with Crippen LogP contribution < -0.4 is 5.73 Å². The molecule has 4 heteroatoms. The molecule has 1 atom stereocenters. The van der Waals surface area contributed by atoms with E-state index < -0.39 is 5.91 Å². The number of Topliss-reactive ketones (excluding diaryl/α,β-unsaturated/α-hetero) is 1. The molecule has 1 heterocycles. The maximum atomic E-state index is 12.7. The van der Waals surface area contributed by atoms with Crippen LogP contribution in [0.4, 0.5) is 0 Å². The van der Waals surface area contributed by atoms with E-state index in [4.69, 9.17) is 5.73 Å². The van der Waals surface area contributed by atoms with Gasteiger partial charge in [-0.3, -0.25) is 9.59 Å². The minimum absolute atomic E-state index is 0.00694. The predicted molar refractivity (Wildman–Crippen MR) is 114 cm³/mol.